The minimum absolute atomic E-state index is 0.126. The van der Waals surface area contributed by atoms with E-state index in [1.54, 1.807) is 30.3 Å². The van der Waals surface area contributed by atoms with E-state index in [9.17, 15) is 22.8 Å². The van der Waals surface area contributed by atoms with Crippen molar-refractivity contribution in [3.05, 3.63) is 58.6 Å². The lowest BCUT2D eigenvalue weighted by molar-refractivity contribution is -0.140. The zero-order chi connectivity index (χ0) is 21.8. The minimum Gasteiger partial charge on any atom is -0.463 e. The van der Waals surface area contributed by atoms with Gasteiger partial charge in [0.15, 0.2) is 5.58 Å². The topological polar surface area (TPSA) is 77.6 Å². The summed E-state index contributed by atoms with van der Waals surface area (Å²) in [5, 5.41) is 0.126. The van der Waals surface area contributed by atoms with Crippen LogP contribution in [0.3, 0.4) is 0 Å². The summed E-state index contributed by atoms with van der Waals surface area (Å²) in [5.41, 5.74) is -0.0175. The molecule has 3 heterocycles. The molecule has 0 saturated carbocycles. The van der Waals surface area contributed by atoms with Gasteiger partial charge < -0.3 is 14.1 Å². The first kappa shape index (κ1) is 19.6. The summed E-state index contributed by atoms with van der Waals surface area (Å²) in [6.45, 7) is 0.343. The Morgan fingerprint density at radius 2 is 1.97 bits per heavy atom. The highest BCUT2D eigenvalue weighted by molar-refractivity contribution is 7.20. The SMILES string of the molecule is O=C(Cn1c(=O)oc2ccccc21)N1CC(Oc2nc3c(C(F)(F)F)cccc3s2)C1. The van der Waals surface area contributed by atoms with E-state index in [0.717, 1.165) is 17.4 Å². The van der Waals surface area contributed by atoms with E-state index in [0.29, 0.717) is 15.8 Å². The van der Waals surface area contributed by atoms with Gasteiger partial charge in [0, 0.05) is 0 Å². The fourth-order valence-electron chi connectivity index (χ4n) is 3.47. The summed E-state index contributed by atoms with van der Waals surface area (Å²) in [5.74, 6) is -0.894. The molecule has 1 fully saturated rings. The molecule has 11 heteroatoms. The average Bonchev–Trinajstić information content (AvgIpc) is 3.23. The molecule has 2 aromatic heterocycles. The monoisotopic (exact) mass is 449 g/mol. The number of carbonyl (C=O) groups excluding carboxylic acids is 1. The molecule has 0 spiro atoms. The van der Waals surface area contributed by atoms with Crippen LogP contribution in [0.15, 0.2) is 51.7 Å². The molecule has 31 heavy (non-hydrogen) atoms. The molecule has 1 aliphatic heterocycles. The molecule has 0 radical (unpaired) electrons. The summed E-state index contributed by atoms with van der Waals surface area (Å²) in [6, 6.07) is 10.7. The highest BCUT2D eigenvalue weighted by atomic mass is 32.1. The van der Waals surface area contributed by atoms with E-state index >= 15 is 0 Å². The summed E-state index contributed by atoms with van der Waals surface area (Å²) in [6.07, 6.45) is -4.88. The van der Waals surface area contributed by atoms with E-state index in [-0.39, 0.29) is 42.4 Å². The van der Waals surface area contributed by atoms with Crippen LogP contribution < -0.4 is 10.5 Å². The Hall–Kier alpha value is -3.34. The number of rotatable bonds is 4. The Bertz CT molecular complexity index is 1350. The van der Waals surface area contributed by atoms with Gasteiger partial charge in [-0.1, -0.05) is 29.5 Å². The molecule has 2 aromatic carbocycles. The van der Waals surface area contributed by atoms with Crippen LogP contribution >= 0.6 is 11.3 Å². The second kappa shape index (κ2) is 7.12. The Labute approximate surface area is 176 Å². The number of aromatic nitrogens is 2. The van der Waals surface area contributed by atoms with Gasteiger partial charge in [-0.2, -0.15) is 13.2 Å². The Kier molecular flexibility index (Phi) is 4.50. The first-order chi connectivity index (χ1) is 14.8. The van der Waals surface area contributed by atoms with E-state index < -0.39 is 17.5 Å². The molecule has 0 N–H and O–H groups in total. The molecule has 5 rings (SSSR count). The summed E-state index contributed by atoms with van der Waals surface area (Å²) >= 11 is 1.03. The van der Waals surface area contributed by atoms with Crippen molar-refractivity contribution < 1.29 is 27.1 Å². The first-order valence-electron chi connectivity index (χ1n) is 9.29. The van der Waals surface area contributed by atoms with Gasteiger partial charge >= 0.3 is 11.9 Å². The molecule has 4 aromatic rings. The zero-order valence-electron chi connectivity index (χ0n) is 15.8. The Morgan fingerprint density at radius 1 is 1.19 bits per heavy atom. The molecule has 1 aliphatic rings. The maximum absolute atomic E-state index is 13.1. The number of likely N-dealkylation sites (tertiary alicyclic amines) is 1. The standard InChI is InChI=1S/C20H14F3N3O4S/c21-20(22,23)12-4-3-7-15-17(12)24-18(31-15)29-11-8-25(9-11)16(27)10-26-13-5-1-2-6-14(13)30-19(26)28/h1-7,11H,8-10H2. The van der Waals surface area contributed by atoms with Gasteiger partial charge in [0.2, 0.25) is 5.91 Å². The predicted molar refractivity (Wildman–Crippen MR) is 106 cm³/mol. The number of nitrogens with zero attached hydrogens (tertiary/aromatic N) is 3. The number of hydrogen-bond donors (Lipinski definition) is 0. The quantitative estimate of drug-likeness (QED) is 0.477. The molecule has 160 valence electrons. The highest BCUT2D eigenvalue weighted by Crippen LogP contribution is 2.38. The van der Waals surface area contributed by atoms with Crippen molar-refractivity contribution >= 4 is 38.6 Å². The Balaban J connectivity index is 1.25. The van der Waals surface area contributed by atoms with E-state index in [1.807, 2.05) is 0 Å². The van der Waals surface area contributed by atoms with E-state index in [1.165, 1.54) is 15.5 Å². The summed E-state index contributed by atoms with van der Waals surface area (Å²) in [4.78, 5) is 30.0. The molecule has 1 saturated heterocycles. The summed E-state index contributed by atoms with van der Waals surface area (Å²) < 4.78 is 51.8. The lowest BCUT2D eigenvalue weighted by Gasteiger charge is -2.38. The summed E-state index contributed by atoms with van der Waals surface area (Å²) in [7, 11) is 0. The number of para-hydroxylation sites is 3. The van der Waals surface area contributed by atoms with Gasteiger partial charge in [-0.15, -0.1) is 0 Å². The number of fused-ring (bicyclic) bond motifs is 2. The van der Waals surface area contributed by atoms with Gasteiger partial charge in [-0.25, -0.2) is 9.78 Å². The molecular weight excluding hydrogens is 435 g/mol. The number of alkyl halides is 3. The van der Waals surface area contributed by atoms with Gasteiger partial charge in [-0.3, -0.25) is 9.36 Å². The van der Waals surface area contributed by atoms with Crippen LogP contribution in [0.2, 0.25) is 0 Å². The van der Waals surface area contributed by atoms with Gasteiger partial charge in [-0.05, 0) is 24.3 Å². The van der Waals surface area contributed by atoms with Crippen molar-refractivity contribution in [3.8, 4) is 5.19 Å². The number of ether oxygens (including phenoxy) is 1. The number of thiazole rings is 1. The van der Waals surface area contributed by atoms with E-state index in [2.05, 4.69) is 4.98 Å². The lowest BCUT2D eigenvalue weighted by Crippen LogP contribution is -2.57. The van der Waals surface area contributed by atoms with Gasteiger partial charge in [0.05, 0.1) is 34.4 Å². The fraction of sp³-hybridized carbons (Fsp3) is 0.250. The number of benzene rings is 2. The molecule has 0 atom stereocenters. The third-order valence-electron chi connectivity index (χ3n) is 5.04. The molecule has 1 amide bonds. The van der Waals surface area contributed by atoms with Gasteiger partial charge in [0.1, 0.15) is 12.6 Å². The highest BCUT2D eigenvalue weighted by Gasteiger charge is 2.36. The smallest absolute Gasteiger partial charge is 0.420 e. The van der Waals surface area contributed by atoms with Crippen LogP contribution in [0.25, 0.3) is 21.3 Å². The van der Waals surface area contributed by atoms with Gasteiger partial charge in [0.25, 0.3) is 5.19 Å². The predicted octanol–water partition coefficient (Wildman–Crippen LogP) is 3.51. The number of carbonyl (C=O) groups is 1. The Morgan fingerprint density at radius 3 is 2.74 bits per heavy atom. The third kappa shape index (κ3) is 3.54. The molecule has 0 unspecified atom stereocenters. The second-order valence-corrected chi connectivity index (χ2v) is 8.08. The lowest BCUT2D eigenvalue weighted by atomic mass is 10.1. The number of oxazole rings is 1. The van der Waals surface area contributed by atoms with Crippen LogP contribution in [0.4, 0.5) is 13.2 Å². The second-order valence-electron chi connectivity index (χ2n) is 7.09. The maximum Gasteiger partial charge on any atom is 0.420 e. The molecule has 0 bridgehead atoms. The normalized spacial score (nSPS) is 14.9. The molecule has 0 aliphatic carbocycles. The first-order valence-corrected chi connectivity index (χ1v) is 10.1. The largest absolute Gasteiger partial charge is 0.463 e. The van der Waals surface area contributed by atoms with E-state index in [4.69, 9.17) is 9.15 Å². The number of amides is 1. The van der Waals surface area contributed by atoms with Crippen LogP contribution in [0, 0.1) is 0 Å². The van der Waals surface area contributed by atoms with Crippen molar-refractivity contribution in [1.82, 2.24) is 14.5 Å². The van der Waals surface area contributed by atoms with Crippen LogP contribution in [0.5, 0.6) is 5.19 Å². The van der Waals surface area contributed by atoms with Crippen molar-refractivity contribution in [2.24, 2.45) is 0 Å². The zero-order valence-corrected chi connectivity index (χ0v) is 16.6. The van der Waals surface area contributed by atoms with Crippen LogP contribution in [-0.2, 0) is 17.5 Å². The van der Waals surface area contributed by atoms with Crippen molar-refractivity contribution in [2.75, 3.05) is 13.1 Å². The van der Waals surface area contributed by atoms with Crippen molar-refractivity contribution in [2.45, 2.75) is 18.8 Å². The molecule has 7 nitrogen and oxygen atoms in total. The van der Waals surface area contributed by atoms with Crippen LogP contribution in [0.1, 0.15) is 5.56 Å². The molecular formula is C20H14F3N3O4S. The number of hydrogen-bond acceptors (Lipinski definition) is 6. The minimum atomic E-state index is -4.50. The maximum atomic E-state index is 13.1. The van der Waals surface area contributed by atoms with Crippen LogP contribution in [-0.4, -0.2) is 39.6 Å². The van der Waals surface area contributed by atoms with Crippen molar-refractivity contribution in [1.29, 1.82) is 0 Å². The fourth-order valence-corrected chi connectivity index (χ4v) is 4.37. The van der Waals surface area contributed by atoms with Crippen molar-refractivity contribution in [3.63, 3.8) is 0 Å². The number of halogens is 3. The average molecular weight is 449 g/mol. The third-order valence-corrected chi connectivity index (χ3v) is 5.95.